The van der Waals surface area contributed by atoms with Gasteiger partial charge in [-0.3, -0.25) is 9.69 Å². The number of amidine groups is 1. The molecule has 0 radical (unpaired) electrons. The highest BCUT2D eigenvalue weighted by molar-refractivity contribution is 6.39. The highest BCUT2D eigenvalue weighted by atomic mass is 35.5. The third-order valence-corrected chi connectivity index (χ3v) is 5.42. The third-order valence-electron chi connectivity index (χ3n) is 5.09. The predicted octanol–water partition coefficient (Wildman–Crippen LogP) is 5.64. The van der Waals surface area contributed by atoms with Gasteiger partial charge in [-0.25, -0.2) is 4.99 Å². The summed E-state index contributed by atoms with van der Waals surface area (Å²) in [6.45, 7) is 2.51. The van der Waals surface area contributed by atoms with Gasteiger partial charge in [-0.1, -0.05) is 35.9 Å². The first kappa shape index (κ1) is 21.7. The number of aliphatic imine (C=N–C) groups is 1. The van der Waals surface area contributed by atoms with Crippen LogP contribution in [0.15, 0.2) is 83.5 Å². The number of carbonyl (C=O) groups is 1. The highest BCUT2D eigenvalue weighted by Gasteiger charge is 2.33. The lowest BCUT2D eigenvalue weighted by molar-refractivity contribution is -0.113. The first-order valence-corrected chi connectivity index (χ1v) is 10.8. The number of amides is 1. The van der Waals surface area contributed by atoms with Crippen molar-refractivity contribution in [2.45, 2.75) is 6.92 Å². The molecular formula is C26H24ClN3O2. The summed E-state index contributed by atoms with van der Waals surface area (Å²) in [6, 6.07) is 22.7. The van der Waals surface area contributed by atoms with E-state index < -0.39 is 0 Å². The highest BCUT2D eigenvalue weighted by Crippen LogP contribution is 2.31. The molecule has 3 aromatic carbocycles. The fourth-order valence-electron chi connectivity index (χ4n) is 3.46. The van der Waals surface area contributed by atoms with Gasteiger partial charge in [0.05, 0.1) is 17.3 Å². The second kappa shape index (κ2) is 9.28. The minimum Gasteiger partial charge on any atom is -0.494 e. The number of halogens is 1. The van der Waals surface area contributed by atoms with Crippen molar-refractivity contribution in [1.29, 1.82) is 0 Å². The summed E-state index contributed by atoms with van der Waals surface area (Å²) in [5, 5.41) is 0.534. The molecule has 1 heterocycles. The molecule has 0 aliphatic carbocycles. The fourth-order valence-corrected chi connectivity index (χ4v) is 3.68. The van der Waals surface area contributed by atoms with Crippen LogP contribution >= 0.6 is 11.6 Å². The number of anilines is 2. The predicted molar refractivity (Wildman–Crippen MR) is 132 cm³/mol. The van der Waals surface area contributed by atoms with E-state index in [1.807, 2.05) is 92.6 Å². The SMILES string of the molecule is CCOc1ccc(N2C(=O)/C(=C\c3ccc(N(C)C)cc3)N=C2c2ccccc2Cl)cc1. The van der Waals surface area contributed by atoms with E-state index in [1.165, 1.54) is 0 Å². The Kier molecular flexibility index (Phi) is 6.28. The van der Waals surface area contributed by atoms with E-state index in [4.69, 9.17) is 21.3 Å². The second-order valence-electron chi connectivity index (χ2n) is 7.50. The molecule has 0 unspecified atom stereocenters. The lowest BCUT2D eigenvalue weighted by Crippen LogP contribution is -2.32. The van der Waals surface area contributed by atoms with E-state index in [1.54, 1.807) is 17.0 Å². The van der Waals surface area contributed by atoms with Gasteiger partial charge in [0.15, 0.2) is 0 Å². The summed E-state index contributed by atoms with van der Waals surface area (Å²) in [7, 11) is 3.98. The molecule has 3 aromatic rings. The van der Waals surface area contributed by atoms with Gasteiger partial charge in [0, 0.05) is 25.3 Å². The van der Waals surface area contributed by atoms with Crippen LogP contribution in [0.25, 0.3) is 6.08 Å². The number of ether oxygens (including phenoxy) is 1. The molecule has 0 saturated carbocycles. The lowest BCUT2D eigenvalue weighted by atomic mass is 10.1. The van der Waals surface area contributed by atoms with Crippen LogP contribution in [-0.4, -0.2) is 32.4 Å². The van der Waals surface area contributed by atoms with E-state index in [9.17, 15) is 4.79 Å². The van der Waals surface area contributed by atoms with Crippen molar-refractivity contribution in [3.63, 3.8) is 0 Å². The number of hydrogen-bond acceptors (Lipinski definition) is 4. The van der Waals surface area contributed by atoms with E-state index in [0.29, 0.717) is 34.4 Å². The molecule has 0 bridgehead atoms. The van der Waals surface area contributed by atoms with Gasteiger partial charge < -0.3 is 9.64 Å². The summed E-state index contributed by atoms with van der Waals surface area (Å²) >= 11 is 6.46. The lowest BCUT2D eigenvalue weighted by Gasteiger charge is -2.19. The van der Waals surface area contributed by atoms with Crippen LogP contribution in [-0.2, 0) is 4.79 Å². The first-order chi connectivity index (χ1) is 15.5. The standard InChI is InChI=1S/C26H24ClN3O2/c1-4-32-21-15-13-20(14-16-21)30-25(22-7-5-6-8-23(22)27)28-24(26(30)31)17-18-9-11-19(12-10-18)29(2)3/h5-17H,4H2,1-3H3/b24-17+. The smallest absolute Gasteiger partial charge is 0.282 e. The zero-order chi connectivity index (χ0) is 22.7. The number of rotatable bonds is 6. The number of carbonyl (C=O) groups excluding carboxylic acids is 1. The van der Waals surface area contributed by atoms with Gasteiger partial charge in [-0.05, 0) is 67.1 Å². The molecule has 5 nitrogen and oxygen atoms in total. The van der Waals surface area contributed by atoms with Crippen LogP contribution in [0.5, 0.6) is 5.75 Å². The molecule has 4 rings (SSSR count). The maximum Gasteiger partial charge on any atom is 0.282 e. The maximum absolute atomic E-state index is 13.5. The summed E-state index contributed by atoms with van der Waals surface area (Å²) in [5.74, 6) is 1.04. The molecular weight excluding hydrogens is 422 g/mol. The minimum absolute atomic E-state index is 0.208. The topological polar surface area (TPSA) is 45.1 Å². The first-order valence-electron chi connectivity index (χ1n) is 10.4. The van der Waals surface area contributed by atoms with Crippen molar-refractivity contribution in [1.82, 2.24) is 0 Å². The van der Waals surface area contributed by atoms with Crippen molar-refractivity contribution >= 4 is 40.8 Å². The molecule has 32 heavy (non-hydrogen) atoms. The summed E-state index contributed by atoms with van der Waals surface area (Å²) in [5.41, 5.74) is 3.73. The molecule has 0 spiro atoms. The Morgan fingerprint density at radius 3 is 2.31 bits per heavy atom. The Morgan fingerprint density at radius 1 is 1.00 bits per heavy atom. The Hall–Kier alpha value is -3.57. The van der Waals surface area contributed by atoms with E-state index >= 15 is 0 Å². The third kappa shape index (κ3) is 4.39. The molecule has 1 amide bonds. The molecule has 0 atom stereocenters. The zero-order valence-corrected chi connectivity index (χ0v) is 19.0. The Labute approximate surface area is 193 Å². The van der Waals surface area contributed by atoms with Crippen LogP contribution in [0.2, 0.25) is 5.02 Å². The number of nitrogens with zero attached hydrogens (tertiary/aromatic N) is 3. The van der Waals surface area contributed by atoms with Gasteiger partial charge >= 0.3 is 0 Å². The molecule has 0 saturated heterocycles. The van der Waals surface area contributed by atoms with Crippen LogP contribution in [0.3, 0.4) is 0 Å². The van der Waals surface area contributed by atoms with Gasteiger partial charge in [-0.15, -0.1) is 0 Å². The molecule has 6 heteroatoms. The number of hydrogen-bond donors (Lipinski definition) is 0. The van der Waals surface area contributed by atoms with Crippen LogP contribution in [0, 0.1) is 0 Å². The van der Waals surface area contributed by atoms with Crippen molar-refractivity contribution in [2.24, 2.45) is 4.99 Å². The average molecular weight is 446 g/mol. The number of benzene rings is 3. The minimum atomic E-state index is -0.208. The van der Waals surface area contributed by atoms with Crippen LogP contribution in [0.4, 0.5) is 11.4 Å². The normalized spacial score (nSPS) is 14.6. The monoisotopic (exact) mass is 445 g/mol. The van der Waals surface area contributed by atoms with Crippen LogP contribution in [0.1, 0.15) is 18.1 Å². The van der Waals surface area contributed by atoms with Crippen molar-refractivity contribution in [3.05, 3.63) is 94.6 Å². The largest absolute Gasteiger partial charge is 0.494 e. The summed E-state index contributed by atoms with van der Waals surface area (Å²) < 4.78 is 5.54. The van der Waals surface area contributed by atoms with Gasteiger partial charge in [0.1, 0.15) is 17.3 Å². The van der Waals surface area contributed by atoms with E-state index in [2.05, 4.69) is 0 Å². The Morgan fingerprint density at radius 2 is 1.69 bits per heavy atom. The quantitative estimate of drug-likeness (QED) is 0.461. The van der Waals surface area contributed by atoms with Gasteiger partial charge in [-0.2, -0.15) is 0 Å². The zero-order valence-electron chi connectivity index (χ0n) is 18.2. The van der Waals surface area contributed by atoms with E-state index in [-0.39, 0.29) is 5.91 Å². The fraction of sp³-hybridized carbons (Fsp3) is 0.154. The molecule has 1 aliphatic heterocycles. The summed E-state index contributed by atoms with van der Waals surface area (Å²) in [4.78, 5) is 21.8. The Bertz CT molecular complexity index is 1180. The molecule has 0 fully saturated rings. The van der Waals surface area contributed by atoms with Crippen molar-refractivity contribution in [3.8, 4) is 5.75 Å². The molecule has 0 aromatic heterocycles. The average Bonchev–Trinajstić information content (AvgIpc) is 3.11. The van der Waals surface area contributed by atoms with Gasteiger partial charge in [0.25, 0.3) is 5.91 Å². The van der Waals surface area contributed by atoms with Gasteiger partial charge in [0.2, 0.25) is 0 Å². The van der Waals surface area contributed by atoms with Crippen molar-refractivity contribution in [2.75, 3.05) is 30.5 Å². The molecule has 162 valence electrons. The molecule has 0 N–H and O–H groups in total. The second-order valence-corrected chi connectivity index (χ2v) is 7.91. The summed E-state index contributed by atoms with van der Waals surface area (Å²) in [6.07, 6.45) is 1.80. The Balaban J connectivity index is 1.76. The maximum atomic E-state index is 13.5. The molecule has 1 aliphatic rings. The van der Waals surface area contributed by atoms with Crippen LogP contribution < -0.4 is 14.5 Å². The van der Waals surface area contributed by atoms with Crippen molar-refractivity contribution < 1.29 is 9.53 Å². The van der Waals surface area contributed by atoms with E-state index in [0.717, 1.165) is 17.0 Å².